The maximum absolute atomic E-state index is 11.2. The third-order valence-corrected chi connectivity index (χ3v) is 3.85. The summed E-state index contributed by atoms with van der Waals surface area (Å²) in [6, 6.07) is 14.7. The number of amides is 1. The molecule has 0 aliphatic heterocycles. The van der Waals surface area contributed by atoms with Gasteiger partial charge in [0.05, 0.1) is 10.1 Å². The van der Waals surface area contributed by atoms with Crippen LogP contribution in [0.1, 0.15) is 15.9 Å². The molecule has 0 atom stereocenters. The summed E-state index contributed by atoms with van der Waals surface area (Å²) >= 11 is 1.40. The Balaban J connectivity index is 1.71. The number of nitrogens with one attached hydrogen (secondary N) is 1. The van der Waals surface area contributed by atoms with E-state index in [4.69, 9.17) is 9.94 Å². The number of hydrogen-bond donors (Lipinski definition) is 2. The molecule has 6 heteroatoms. The van der Waals surface area contributed by atoms with Crippen molar-refractivity contribution in [2.75, 3.05) is 0 Å². The van der Waals surface area contributed by atoms with E-state index in [1.807, 2.05) is 24.3 Å². The number of benzene rings is 2. The van der Waals surface area contributed by atoms with Crippen LogP contribution in [0.3, 0.4) is 0 Å². The van der Waals surface area contributed by atoms with Crippen molar-refractivity contribution in [2.24, 2.45) is 0 Å². The Morgan fingerprint density at radius 3 is 2.71 bits per heavy atom. The van der Waals surface area contributed by atoms with E-state index in [1.54, 1.807) is 29.7 Å². The summed E-state index contributed by atoms with van der Waals surface area (Å²) in [6.07, 6.45) is 0. The van der Waals surface area contributed by atoms with E-state index >= 15 is 0 Å². The van der Waals surface area contributed by atoms with Gasteiger partial charge >= 0.3 is 0 Å². The normalized spacial score (nSPS) is 10.5. The van der Waals surface area contributed by atoms with E-state index < -0.39 is 5.91 Å². The molecule has 0 saturated heterocycles. The number of rotatable bonds is 4. The van der Waals surface area contributed by atoms with Gasteiger partial charge in [0.1, 0.15) is 6.61 Å². The van der Waals surface area contributed by atoms with Crippen LogP contribution in [-0.4, -0.2) is 15.5 Å². The molecule has 0 radical (unpaired) electrons. The summed E-state index contributed by atoms with van der Waals surface area (Å²) < 4.78 is 11.1. The number of ether oxygens (including phenoxy) is 1. The zero-order valence-corrected chi connectivity index (χ0v) is 11.8. The zero-order valence-electron chi connectivity index (χ0n) is 10.9. The van der Waals surface area contributed by atoms with Gasteiger partial charge in [0.2, 0.25) is 5.88 Å². The van der Waals surface area contributed by atoms with Crippen molar-refractivity contribution < 1.29 is 14.7 Å². The van der Waals surface area contributed by atoms with Gasteiger partial charge in [-0.25, -0.2) is 5.48 Å². The van der Waals surface area contributed by atoms with E-state index in [-0.39, 0.29) is 0 Å². The number of fused-ring (bicyclic) bond motifs is 1. The Labute approximate surface area is 124 Å². The fraction of sp³-hybridized carbons (Fsp3) is 0.0667. The number of carbonyl (C=O) groups excluding carboxylic acids is 1. The van der Waals surface area contributed by atoms with Crippen LogP contribution in [0, 0.1) is 0 Å². The molecule has 1 aromatic heterocycles. The molecule has 1 heterocycles. The lowest BCUT2D eigenvalue weighted by Gasteiger charge is -2.05. The average Bonchev–Trinajstić information content (AvgIpc) is 2.96. The van der Waals surface area contributed by atoms with Crippen molar-refractivity contribution >= 4 is 27.5 Å². The lowest BCUT2D eigenvalue weighted by atomic mass is 10.1. The molecule has 0 fully saturated rings. The second-order valence-corrected chi connectivity index (χ2v) is 5.22. The monoisotopic (exact) mass is 300 g/mol. The summed E-state index contributed by atoms with van der Waals surface area (Å²) in [5.74, 6) is 0.0840. The number of hydroxylamine groups is 1. The SMILES string of the molecule is O=C(NO)c1ccc(COc2nsc3ccccc23)cc1. The second kappa shape index (κ2) is 5.90. The maximum Gasteiger partial charge on any atom is 0.274 e. The average molecular weight is 300 g/mol. The molecule has 3 aromatic rings. The predicted molar refractivity (Wildman–Crippen MR) is 79.6 cm³/mol. The molecule has 0 unspecified atom stereocenters. The van der Waals surface area contributed by atoms with Gasteiger partial charge in [0.25, 0.3) is 5.91 Å². The lowest BCUT2D eigenvalue weighted by molar-refractivity contribution is 0.0706. The topological polar surface area (TPSA) is 71.5 Å². The highest BCUT2D eigenvalue weighted by Gasteiger charge is 2.07. The summed E-state index contributed by atoms with van der Waals surface area (Å²) in [5, 5.41) is 9.55. The highest BCUT2D eigenvalue weighted by Crippen LogP contribution is 2.28. The van der Waals surface area contributed by atoms with Crippen LogP contribution in [0.15, 0.2) is 48.5 Å². The van der Waals surface area contributed by atoms with Gasteiger partial charge in [0, 0.05) is 5.56 Å². The van der Waals surface area contributed by atoms with E-state index in [0.29, 0.717) is 18.1 Å². The van der Waals surface area contributed by atoms with Crippen LogP contribution in [0.25, 0.3) is 10.1 Å². The van der Waals surface area contributed by atoms with Crippen molar-refractivity contribution in [3.8, 4) is 5.88 Å². The molecular weight excluding hydrogens is 288 g/mol. The van der Waals surface area contributed by atoms with Gasteiger partial charge in [-0.2, -0.15) is 4.37 Å². The van der Waals surface area contributed by atoms with Gasteiger partial charge in [0.15, 0.2) is 0 Å². The molecule has 2 N–H and O–H groups in total. The van der Waals surface area contributed by atoms with Crippen molar-refractivity contribution in [3.05, 3.63) is 59.7 Å². The van der Waals surface area contributed by atoms with Gasteiger partial charge in [-0.1, -0.05) is 24.3 Å². The fourth-order valence-corrected chi connectivity index (χ4v) is 2.66. The molecule has 0 saturated carbocycles. The van der Waals surface area contributed by atoms with Crippen LogP contribution >= 0.6 is 11.5 Å². The Kier molecular flexibility index (Phi) is 3.81. The van der Waals surface area contributed by atoms with Crippen molar-refractivity contribution in [1.82, 2.24) is 9.85 Å². The smallest absolute Gasteiger partial charge is 0.274 e. The van der Waals surface area contributed by atoms with Crippen LogP contribution < -0.4 is 10.2 Å². The molecule has 106 valence electrons. The van der Waals surface area contributed by atoms with E-state index in [0.717, 1.165) is 15.6 Å². The number of nitrogens with zero attached hydrogens (tertiary/aromatic N) is 1. The number of carbonyl (C=O) groups is 1. The third kappa shape index (κ3) is 2.86. The minimum absolute atomic E-state index is 0.370. The molecule has 0 bridgehead atoms. The first kappa shape index (κ1) is 13.5. The first-order valence-corrected chi connectivity index (χ1v) is 7.06. The summed E-state index contributed by atoms with van der Waals surface area (Å²) in [5.41, 5.74) is 2.90. The van der Waals surface area contributed by atoms with Crippen molar-refractivity contribution in [2.45, 2.75) is 6.61 Å². The Bertz CT molecular complexity index is 768. The van der Waals surface area contributed by atoms with Gasteiger partial charge in [-0.15, -0.1) is 0 Å². The van der Waals surface area contributed by atoms with Gasteiger partial charge in [-0.05, 0) is 41.4 Å². The molecular formula is C15H12N2O3S. The molecule has 5 nitrogen and oxygen atoms in total. The van der Waals surface area contributed by atoms with Crippen LogP contribution in [0.5, 0.6) is 5.88 Å². The predicted octanol–water partition coefficient (Wildman–Crippen LogP) is 2.99. The molecule has 0 spiro atoms. The maximum atomic E-state index is 11.2. The van der Waals surface area contributed by atoms with E-state index in [9.17, 15) is 4.79 Å². The van der Waals surface area contributed by atoms with E-state index in [1.165, 1.54) is 11.5 Å². The van der Waals surface area contributed by atoms with Crippen LogP contribution in [0.2, 0.25) is 0 Å². The Morgan fingerprint density at radius 2 is 1.95 bits per heavy atom. The minimum Gasteiger partial charge on any atom is -0.472 e. The Hall–Kier alpha value is -2.44. The minimum atomic E-state index is -0.534. The highest BCUT2D eigenvalue weighted by molar-refractivity contribution is 7.13. The molecule has 0 aliphatic rings. The third-order valence-electron chi connectivity index (χ3n) is 3.04. The molecule has 0 aliphatic carbocycles. The van der Waals surface area contributed by atoms with Gasteiger partial charge < -0.3 is 4.74 Å². The Morgan fingerprint density at radius 1 is 1.19 bits per heavy atom. The first-order valence-electron chi connectivity index (χ1n) is 6.28. The molecule has 21 heavy (non-hydrogen) atoms. The van der Waals surface area contributed by atoms with Crippen LogP contribution in [-0.2, 0) is 6.61 Å². The summed E-state index contributed by atoms with van der Waals surface area (Å²) in [7, 11) is 0. The number of aromatic nitrogens is 1. The van der Waals surface area contributed by atoms with Crippen LogP contribution in [0.4, 0.5) is 0 Å². The van der Waals surface area contributed by atoms with Crippen molar-refractivity contribution in [3.63, 3.8) is 0 Å². The van der Waals surface area contributed by atoms with Crippen molar-refractivity contribution in [1.29, 1.82) is 0 Å². The largest absolute Gasteiger partial charge is 0.472 e. The first-order chi connectivity index (χ1) is 10.3. The number of hydrogen-bond acceptors (Lipinski definition) is 5. The summed E-state index contributed by atoms with van der Waals surface area (Å²) in [6.45, 7) is 0.370. The van der Waals surface area contributed by atoms with Gasteiger partial charge in [-0.3, -0.25) is 10.0 Å². The molecule has 2 aromatic carbocycles. The standard InChI is InChI=1S/C15H12N2O3S/c18-14(16-19)11-7-5-10(6-8-11)9-20-15-12-3-1-2-4-13(12)21-17-15/h1-8,19H,9H2,(H,16,18). The molecule has 3 rings (SSSR count). The highest BCUT2D eigenvalue weighted by atomic mass is 32.1. The van der Waals surface area contributed by atoms with E-state index in [2.05, 4.69) is 4.37 Å². The fourth-order valence-electron chi connectivity index (χ4n) is 1.94. The second-order valence-electron chi connectivity index (χ2n) is 4.41. The zero-order chi connectivity index (χ0) is 14.7. The quantitative estimate of drug-likeness (QED) is 0.574. The summed E-state index contributed by atoms with van der Waals surface area (Å²) in [4.78, 5) is 11.2. The lowest BCUT2D eigenvalue weighted by Crippen LogP contribution is -2.18. The molecule has 1 amide bonds.